The molecule has 0 aromatic rings. The molecule has 1 unspecified atom stereocenters. The molecule has 0 radical (unpaired) electrons. The monoisotopic (exact) mass is 409 g/mol. The second-order valence-electron chi connectivity index (χ2n) is 8.99. The van der Waals surface area contributed by atoms with E-state index in [0.717, 1.165) is 6.42 Å². The normalized spacial score (nSPS) is 13.1. The molecule has 1 atom stereocenters. The Hall–Kier alpha value is -0.830. The van der Waals surface area contributed by atoms with Crippen molar-refractivity contribution in [1.82, 2.24) is 4.90 Å². The smallest absolute Gasteiger partial charge is 0.333 e. The fraction of sp³-hybridized carbons (Fsp3) is 0.885. The first kappa shape index (κ1) is 28.2. The highest BCUT2D eigenvalue weighted by Gasteiger charge is 2.08. The van der Waals surface area contributed by atoms with Gasteiger partial charge in [0, 0.05) is 11.6 Å². The highest BCUT2D eigenvalue weighted by molar-refractivity contribution is 5.87. The molecule has 29 heavy (non-hydrogen) atoms. The van der Waals surface area contributed by atoms with Crippen molar-refractivity contribution < 1.29 is 9.53 Å². The molecule has 3 nitrogen and oxygen atoms in total. The summed E-state index contributed by atoms with van der Waals surface area (Å²) in [5, 5.41) is 0. The summed E-state index contributed by atoms with van der Waals surface area (Å²) in [5.41, 5.74) is 0.711. The van der Waals surface area contributed by atoms with Crippen molar-refractivity contribution in [1.29, 1.82) is 0 Å². The van der Waals surface area contributed by atoms with Gasteiger partial charge in [0.05, 0.1) is 6.61 Å². The lowest BCUT2D eigenvalue weighted by atomic mass is 10.0. The lowest BCUT2D eigenvalue weighted by molar-refractivity contribution is -0.139. The number of ether oxygens (including phenoxy) is 1. The molecule has 0 amide bonds. The fourth-order valence-corrected chi connectivity index (χ4v) is 3.51. The number of esters is 1. The number of carbonyl (C=O) groups is 1. The van der Waals surface area contributed by atoms with Gasteiger partial charge in [-0.25, -0.2) is 4.79 Å². The molecular weight excluding hydrogens is 358 g/mol. The Balaban J connectivity index is 3.34. The van der Waals surface area contributed by atoms with E-state index in [-0.39, 0.29) is 12.0 Å². The summed E-state index contributed by atoms with van der Waals surface area (Å²) >= 11 is 0. The molecule has 0 rings (SSSR count). The second kappa shape index (κ2) is 20.4. The van der Waals surface area contributed by atoms with Gasteiger partial charge in [-0.15, -0.1) is 0 Å². The van der Waals surface area contributed by atoms with E-state index in [2.05, 4.69) is 18.7 Å². The fourth-order valence-electron chi connectivity index (χ4n) is 3.51. The van der Waals surface area contributed by atoms with E-state index in [1.54, 1.807) is 0 Å². The van der Waals surface area contributed by atoms with Crippen LogP contribution in [0.15, 0.2) is 11.6 Å². The Kier molecular flexibility index (Phi) is 19.9. The third kappa shape index (κ3) is 18.9. The molecule has 0 spiro atoms. The van der Waals surface area contributed by atoms with Crippen molar-refractivity contribution in [2.45, 2.75) is 130 Å². The van der Waals surface area contributed by atoms with Gasteiger partial charge in [0.15, 0.2) is 0 Å². The number of nitrogens with zero attached hydrogens (tertiary/aromatic N) is 1. The largest absolute Gasteiger partial charge is 0.462 e. The lowest BCUT2D eigenvalue weighted by Gasteiger charge is -2.16. The Morgan fingerprint density at radius 2 is 1.14 bits per heavy atom. The summed E-state index contributed by atoms with van der Waals surface area (Å²) in [6, 6.07) is 0.248. The predicted octanol–water partition coefficient (Wildman–Crippen LogP) is 7.69. The van der Waals surface area contributed by atoms with Crippen LogP contribution in [0.1, 0.15) is 124 Å². The van der Waals surface area contributed by atoms with Crippen LogP contribution in [0.5, 0.6) is 0 Å². The number of likely N-dealkylation sites (N-methyl/N-ethyl adjacent to an activating group) is 1. The van der Waals surface area contributed by atoms with Crippen molar-refractivity contribution in [2.75, 3.05) is 20.7 Å². The van der Waals surface area contributed by atoms with E-state index in [1.165, 1.54) is 96.3 Å². The molecule has 0 saturated carbocycles. The molecule has 0 aliphatic rings. The standard InChI is InChI=1S/C26H51NO2/c1-6-7-8-9-10-11-12-13-14-15-16-17-18-19-20-21-22-29-26(28)24(2)23-25(3)27(4)5/h23,25H,6-22H2,1-5H3. The first-order chi connectivity index (χ1) is 14.0. The summed E-state index contributed by atoms with van der Waals surface area (Å²) in [6.07, 6.45) is 23.7. The Morgan fingerprint density at radius 1 is 0.759 bits per heavy atom. The molecule has 0 aromatic carbocycles. The first-order valence-electron chi connectivity index (χ1n) is 12.5. The Bertz CT molecular complexity index is 404. The highest BCUT2D eigenvalue weighted by Crippen LogP contribution is 2.14. The summed E-state index contributed by atoms with van der Waals surface area (Å²) < 4.78 is 5.38. The molecule has 0 aliphatic heterocycles. The topological polar surface area (TPSA) is 29.5 Å². The van der Waals surface area contributed by atoms with Crippen LogP contribution in [0, 0.1) is 0 Å². The zero-order valence-electron chi connectivity index (χ0n) is 20.4. The first-order valence-corrected chi connectivity index (χ1v) is 12.5. The Labute approximate surface area is 182 Å². The number of rotatable bonds is 20. The highest BCUT2D eigenvalue weighted by atomic mass is 16.5. The quantitative estimate of drug-likeness (QED) is 0.117. The number of hydrogen-bond donors (Lipinski definition) is 0. The van der Waals surface area contributed by atoms with Gasteiger partial charge in [0.25, 0.3) is 0 Å². The van der Waals surface area contributed by atoms with Crippen LogP contribution in [0.3, 0.4) is 0 Å². The van der Waals surface area contributed by atoms with Crippen molar-refractivity contribution in [2.24, 2.45) is 0 Å². The van der Waals surface area contributed by atoms with Crippen LogP contribution in [0.2, 0.25) is 0 Å². The van der Waals surface area contributed by atoms with Crippen LogP contribution >= 0.6 is 0 Å². The third-order valence-electron chi connectivity index (χ3n) is 5.86. The van der Waals surface area contributed by atoms with E-state index in [0.29, 0.717) is 12.2 Å². The van der Waals surface area contributed by atoms with E-state index in [9.17, 15) is 4.79 Å². The minimum absolute atomic E-state index is 0.167. The van der Waals surface area contributed by atoms with Crippen molar-refractivity contribution in [3.63, 3.8) is 0 Å². The minimum Gasteiger partial charge on any atom is -0.462 e. The molecular formula is C26H51NO2. The van der Waals surface area contributed by atoms with Crippen molar-refractivity contribution in [3.05, 3.63) is 11.6 Å². The van der Waals surface area contributed by atoms with E-state index in [4.69, 9.17) is 4.74 Å². The molecule has 0 saturated heterocycles. The van der Waals surface area contributed by atoms with Crippen molar-refractivity contribution in [3.8, 4) is 0 Å². The molecule has 3 heteroatoms. The van der Waals surface area contributed by atoms with Crippen LogP contribution in [0.4, 0.5) is 0 Å². The molecule has 0 aromatic heterocycles. The van der Waals surface area contributed by atoms with Crippen LogP contribution in [-0.4, -0.2) is 37.6 Å². The van der Waals surface area contributed by atoms with Gasteiger partial charge < -0.3 is 9.64 Å². The number of hydrogen-bond acceptors (Lipinski definition) is 3. The Morgan fingerprint density at radius 3 is 1.52 bits per heavy atom. The molecule has 0 bridgehead atoms. The molecule has 0 N–H and O–H groups in total. The van der Waals surface area contributed by atoms with Gasteiger partial charge in [-0.05, 0) is 34.4 Å². The zero-order valence-corrected chi connectivity index (χ0v) is 20.4. The third-order valence-corrected chi connectivity index (χ3v) is 5.86. The SMILES string of the molecule is CCCCCCCCCCCCCCCCCCOC(=O)C(C)=CC(C)N(C)C. The average molecular weight is 410 g/mol. The summed E-state index contributed by atoms with van der Waals surface area (Å²) in [6.45, 7) is 6.76. The van der Waals surface area contributed by atoms with E-state index >= 15 is 0 Å². The summed E-state index contributed by atoms with van der Waals surface area (Å²) in [5.74, 6) is -0.167. The van der Waals surface area contributed by atoms with Crippen LogP contribution < -0.4 is 0 Å². The molecule has 0 fully saturated rings. The van der Waals surface area contributed by atoms with E-state index < -0.39 is 0 Å². The maximum Gasteiger partial charge on any atom is 0.333 e. The summed E-state index contributed by atoms with van der Waals surface area (Å²) in [4.78, 5) is 14.0. The van der Waals surface area contributed by atoms with Gasteiger partial charge in [-0.2, -0.15) is 0 Å². The van der Waals surface area contributed by atoms with Gasteiger partial charge in [0.1, 0.15) is 0 Å². The van der Waals surface area contributed by atoms with Gasteiger partial charge >= 0.3 is 5.97 Å². The molecule has 0 heterocycles. The van der Waals surface area contributed by atoms with Crippen LogP contribution in [0.25, 0.3) is 0 Å². The summed E-state index contributed by atoms with van der Waals surface area (Å²) in [7, 11) is 4.02. The molecule has 172 valence electrons. The van der Waals surface area contributed by atoms with Gasteiger partial charge in [-0.3, -0.25) is 0 Å². The zero-order chi connectivity index (χ0) is 21.7. The number of unbranched alkanes of at least 4 members (excludes halogenated alkanes) is 15. The number of carbonyl (C=O) groups excluding carboxylic acids is 1. The lowest BCUT2D eigenvalue weighted by Crippen LogP contribution is -2.23. The van der Waals surface area contributed by atoms with E-state index in [1.807, 2.05) is 27.1 Å². The second-order valence-corrected chi connectivity index (χ2v) is 8.99. The van der Waals surface area contributed by atoms with Gasteiger partial charge in [0.2, 0.25) is 0 Å². The maximum atomic E-state index is 12.0. The molecule has 0 aliphatic carbocycles. The average Bonchev–Trinajstić information content (AvgIpc) is 2.69. The van der Waals surface area contributed by atoms with Crippen LogP contribution in [-0.2, 0) is 9.53 Å². The van der Waals surface area contributed by atoms with Gasteiger partial charge in [-0.1, -0.05) is 109 Å². The van der Waals surface area contributed by atoms with Crippen molar-refractivity contribution >= 4 is 5.97 Å². The predicted molar refractivity (Wildman–Crippen MR) is 127 cm³/mol. The minimum atomic E-state index is -0.167. The maximum absolute atomic E-state index is 12.0.